The number of amides is 1. The molecule has 118 valence electrons. The summed E-state index contributed by atoms with van der Waals surface area (Å²) in [6, 6.07) is 7.79. The molecule has 0 radical (unpaired) electrons. The van der Waals surface area contributed by atoms with Crippen LogP contribution in [0.1, 0.15) is 31.1 Å². The topological polar surface area (TPSA) is 61.7 Å². The van der Waals surface area contributed by atoms with E-state index in [0.717, 1.165) is 11.1 Å². The monoisotopic (exact) mass is 309 g/mol. The third-order valence-corrected chi connectivity index (χ3v) is 3.82. The molecule has 0 aliphatic carbocycles. The van der Waals surface area contributed by atoms with Gasteiger partial charge in [-0.2, -0.15) is 5.10 Å². The van der Waals surface area contributed by atoms with E-state index >= 15 is 0 Å². The molecular formula is C17H19N5O. The van der Waals surface area contributed by atoms with E-state index in [1.165, 1.54) is 0 Å². The fourth-order valence-corrected chi connectivity index (χ4v) is 2.63. The molecule has 6 nitrogen and oxygen atoms in total. The van der Waals surface area contributed by atoms with Gasteiger partial charge in [-0.1, -0.05) is 0 Å². The normalized spacial score (nSPS) is 19.2. The minimum absolute atomic E-state index is 0.00850. The summed E-state index contributed by atoms with van der Waals surface area (Å²) >= 11 is 0. The second-order valence-electron chi connectivity index (χ2n) is 5.68. The van der Waals surface area contributed by atoms with Crippen molar-refractivity contribution in [3.8, 4) is 0 Å². The van der Waals surface area contributed by atoms with E-state index < -0.39 is 0 Å². The summed E-state index contributed by atoms with van der Waals surface area (Å²) in [5.41, 5.74) is 1.91. The highest BCUT2D eigenvalue weighted by atomic mass is 16.2. The van der Waals surface area contributed by atoms with Crippen molar-refractivity contribution in [3.05, 3.63) is 60.2 Å². The van der Waals surface area contributed by atoms with Crippen LogP contribution in [-0.2, 0) is 4.79 Å². The molecule has 0 aromatic carbocycles. The van der Waals surface area contributed by atoms with Crippen LogP contribution in [0.5, 0.6) is 0 Å². The zero-order valence-corrected chi connectivity index (χ0v) is 13.2. The van der Waals surface area contributed by atoms with Crippen molar-refractivity contribution in [2.45, 2.75) is 26.1 Å². The molecule has 0 saturated carbocycles. The van der Waals surface area contributed by atoms with Gasteiger partial charge < -0.3 is 0 Å². The van der Waals surface area contributed by atoms with Crippen molar-refractivity contribution in [2.24, 2.45) is 5.10 Å². The predicted molar refractivity (Wildman–Crippen MR) is 87.5 cm³/mol. The first-order valence-corrected chi connectivity index (χ1v) is 7.58. The van der Waals surface area contributed by atoms with Gasteiger partial charge in [-0.3, -0.25) is 19.7 Å². The van der Waals surface area contributed by atoms with Crippen LogP contribution >= 0.6 is 0 Å². The number of pyridine rings is 2. The van der Waals surface area contributed by atoms with Gasteiger partial charge in [0.25, 0.3) is 5.91 Å². The largest absolute Gasteiger partial charge is 0.271 e. The zero-order chi connectivity index (χ0) is 16.2. The lowest BCUT2D eigenvalue weighted by Gasteiger charge is -2.29. The van der Waals surface area contributed by atoms with E-state index in [1.807, 2.05) is 24.3 Å². The Balaban J connectivity index is 1.93. The second kappa shape index (κ2) is 6.66. The molecule has 23 heavy (non-hydrogen) atoms. The van der Waals surface area contributed by atoms with Crippen molar-refractivity contribution in [3.63, 3.8) is 0 Å². The summed E-state index contributed by atoms with van der Waals surface area (Å²) in [5, 5.41) is 5.99. The highest BCUT2D eigenvalue weighted by Crippen LogP contribution is 2.32. The van der Waals surface area contributed by atoms with Gasteiger partial charge in [0.2, 0.25) is 0 Å². The van der Waals surface area contributed by atoms with Gasteiger partial charge in [-0.05, 0) is 49.2 Å². The smallest absolute Gasteiger partial charge is 0.258 e. The number of nitrogens with zero attached hydrogens (tertiary/aromatic N) is 5. The van der Waals surface area contributed by atoms with Crippen molar-refractivity contribution in [1.82, 2.24) is 19.9 Å². The molecule has 2 aromatic rings. The Kier molecular flexibility index (Phi) is 4.43. The van der Waals surface area contributed by atoms with Gasteiger partial charge in [0.1, 0.15) is 6.17 Å². The van der Waals surface area contributed by atoms with Gasteiger partial charge in [0, 0.05) is 30.8 Å². The molecule has 1 aliphatic heterocycles. The third-order valence-electron chi connectivity index (χ3n) is 3.82. The molecule has 0 N–H and O–H groups in total. The predicted octanol–water partition coefficient (Wildman–Crippen LogP) is 2.06. The van der Waals surface area contributed by atoms with Gasteiger partial charge >= 0.3 is 0 Å². The van der Waals surface area contributed by atoms with Crippen LogP contribution < -0.4 is 0 Å². The number of hydrazone groups is 1. The summed E-state index contributed by atoms with van der Waals surface area (Å²) in [6.45, 7) is 4.52. The standard InChI is InChI=1S/C17H19N5O/c1-13(2)21-12-16(23)22(17(21)15-5-9-19-10-6-15)20-11-14-3-7-18-8-4-14/h3-11,13,17H,12H2,1-2H3/b20-11-/t17-/m1/s1. The zero-order valence-electron chi connectivity index (χ0n) is 13.2. The molecule has 1 fully saturated rings. The van der Waals surface area contributed by atoms with Crippen molar-refractivity contribution in [2.75, 3.05) is 6.54 Å². The summed E-state index contributed by atoms with van der Waals surface area (Å²) < 4.78 is 0. The molecule has 0 spiro atoms. The highest BCUT2D eigenvalue weighted by Gasteiger charge is 2.40. The first-order valence-electron chi connectivity index (χ1n) is 7.58. The first kappa shape index (κ1) is 15.3. The van der Waals surface area contributed by atoms with E-state index in [2.05, 4.69) is 33.8 Å². The number of carbonyl (C=O) groups excluding carboxylic acids is 1. The Bertz CT molecular complexity index is 687. The Morgan fingerprint density at radius 2 is 1.74 bits per heavy atom. The maximum Gasteiger partial charge on any atom is 0.258 e. The summed E-state index contributed by atoms with van der Waals surface area (Å²) in [5.74, 6) is -0.00850. The van der Waals surface area contributed by atoms with Gasteiger partial charge in [-0.25, -0.2) is 5.01 Å². The summed E-state index contributed by atoms with van der Waals surface area (Å²) in [4.78, 5) is 22.6. The van der Waals surface area contributed by atoms with Gasteiger partial charge in [-0.15, -0.1) is 0 Å². The molecule has 0 unspecified atom stereocenters. The van der Waals surface area contributed by atoms with Crippen LogP contribution in [0.15, 0.2) is 54.2 Å². The minimum atomic E-state index is -0.205. The van der Waals surface area contributed by atoms with E-state index in [9.17, 15) is 4.79 Å². The molecule has 1 atom stereocenters. The second-order valence-corrected chi connectivity index (χ2v) is 5.68. The third kappa shape index (κ3) is 3.27. The molecular weight excluding hydrogens is 290 g/mol. The molecule has 3 heterocycles. The minimum Gasteiger partial charge on any atom is -0.271 e. The average molecular weight is 309 g/mol. The van der Waals surface area contributed by atoms with Crippen LogP contribution in [0, 0.1) is 0 Å². The molecule has 0 bridgehead atoms. The quantitative estimate of drug-likeness (QED) is 0.811. The Hall–Kier alpha value is -2.60. The number of rotatable bonds is 4. The number of carbonyl (C=O) groups is 1. The highest BCUT2D eigenvalue weighted by molar-refractivity contribution is 5.84. The lowest BCUT2D eigenvalue weighted by atomic mass is 10.2. The number of hydrogen-bond acceptors (Lipinski definition) is 5. The number of hydrogen-bond donors (Lipinski definition) is 0. The summed E-state index contributed by atoms with van der Waals surface area (Å²) in [7, 11) is 0. The van der Waals surface area contributed by atoms with Gasteiger partial charge in [0.15, 0.2) is 0 Å². The maximum absolute atomic E-state index is 12.4. The van der Waals surface area contributed by atoms with Gasteiger partial charge in [0.05, 0.1) is 12.8 Å². The van der Waals surface area contributed by atoms with Crippen molar-refractivity contribution < 1.29 is 4.79 Å². The van der Waals surface area contributed by atoms with Crippen LogP contribution in [0.3, 0.4) is 0 Å². The molecule has 1 aliphatic rings. The fraction of sp³-hybridized carbons (Fsp3) is 0.294. The van der Waals surface area contributed by atoms with Crippen LogP contribution in [0.25, 0.3) is 0 Å². The van der Waals surface area contributed by atoms with E-state index in [1.54, 1.807) is 36.0 Å². The van der Waals surface area contributed by atoms with Crippen molar-refractivity contribution >= 4 is 12.1 Å². The fourth-order valence-electron chi connectivity index (χ4n) is 2.63. The van der Waals surface area contributed by atoms with Crippen LogP contribution in [-0.4, -0.2) is 44.6 Å². The molecule has 1 amide bonds. The molecule has 2 aromatic heterocycles. The van der Waals surface area contributed by atoms with Crippen molar-refractivity contribution in [1.29, 1.82) is 0 Å². The Labute approximate surface area is 135 Å². The Morgan fingerprint density at radius 3 is 2.35 bits per heavy atom. The van der Waals surface area contributed by atoms with E-state index in [0.29, 0.717) is 6.54 Å². The van der Waals surface area contributed by atoms with E-state index in [-0.39, 0.29) is 18.1 Å². The molecule has 3 rings (SSSR count). The van der Waals surface area contributed by atoms with Crippen LogP contribution in [0.4, 0.5) is 0 Å². The average Bonchev–Trinajstić information content (AvgIpc) is 2.91. The number of aromatic nitrogens is 2. The summed E-state index contributed by atoms with van der Waals surface area (Å²) in [6.07, 6.45) is 8.37. The van der Waals surface area contributed by atoms with Crippen LogP contribution in [0.2, 0.25) is 0 Å². The lowest BCUT2D eigenvalue weighted by Crippen LogP contribution is -2.33. The Morgan fingerprint density at radius 1 is 1.13 bits per heavy atom. The SMILES string of the molecule is CC(C)N1CC(=O)N(/N=C\c2ccncc2)[C@@H]1c1ccncc1. The molecule has 1 saturated heterocycles. The molecule has 6 heteroatoms. The lowest BCUT2D eigenvalue weighted by molar-refractivity contribution is -0.128. The van der Waals surface area contributed by atoms with E-state index in [4.69, 9.17) is 0 Å². The maximum atomic E-state index is 12.4. The first-order chi connectivity index (χ1) is 11.2.